The van der Waals surface area contributed by atoms with Crippen LogP contribution in [-0.2, 0) is 4.53 Å². The van der Waals surface area contributed by atoms with Crippen LogP contribution in [0.4, 0.5) is 0 Å². The van der Waals surface area contributed by atoms with E-state index in [9.17, 15) is 0 Å². The predicted molar refractivity (Wildman–Crippen MR) is 22.3 cm³/mol. The van der Waals surface area contributed by atoms with Gasteiger partial charge in [0, 0.05) is 6.54 Å². The Labute approximate surface area is 32.7 Å². The minimum absolute atomic E-state index is 0.190. The van der Waals surface area contributed by atoms with Gasteiger partial charge >= 0.3 is 0 Å². The third kappa shape index (κ3) is 0.559. The topological polar surface area (TPSA) is 21.3 Å². The van der Waals surface area contributed by atoms with E-state index in [0.717, 1.165) is 6.54 Å². The highest BCUT2D eigenvalue weighted by molar-refractivity contribution is 6.42. The van der Waals surface area contributed by atoms with Gasteiger partial charge in [0.1, 0.15) is 0 Å². The second-order valence-electron chi connectivity index (χ2n) is 0.838. The van der Waals surface area contributed by atoms with E-state index in [2.05, 4.69) is 11.2 Å². The number of hydrogen-bond acceptors (Lipinski definition) is 2. The molecule has 1 N–H and O–H groups in total. The minimum Gasteiger partial charge on any atom is -0.477 e. The number of hydroxylamine groups is 1. The van der Waals surface area contributed by atoms with Crippen LogP contribution in [0, 0.1) is 0 Å². The van der Waals surface area contributed by atoms with Gasteiger partial charge in [0.25, 0.3) is 0 Å². The van der Waals surface area contributed by atoms with Gasteiger partial charge in [0.2, 0.25) is 9.38 Å². The minimum atomic E-state index is 0.190. The summed E-state index contributed by atoms with van der Waals surface area (Å²) in [5.74, 6) is 0. The van der Waals surface area contributed by atoms with E-state index in [0.29, 0.717) is 0 Å². The molecule has 5 heavy (non-hydrogen) atoms. The summed E-state index contributed by atoms with van der Waals surface area (Å²) >= 11 is 0. The Hall–Kier alpha value is -0.153. The van der Waals surface area contributed by atoms with E-state index in [-0.39, 0.29) is 9.38 Å². The second kappa shape index (κ2) is 1.33. The molecule has 1 rings (SSSR count). The lowest BCUT2D eigenvalue weighted by molar-refractivity contribution is 0.246. The van der Waals surface area contributed by atoms with Gasteiger partial charge in [-0.15, -0.1) is 0 Å². The Morgan fingerprint density at radius 3 is 3.20 bits per heavy atom. The fourth-order valence-corrected chi connectivity index (χ4v) is 0.722. The van der Waals surface area contributed by atoms with Crippen molar-refractivity contribution in [3.63, 3.8) is 0 Å². The first-order valence-corrected chi connectivity index (χ1v) is 2.67. The van der Waals surface area contributed by atoms with Crippen molar-refractivity contribution in [3.8, 4) is 0 Å². The van der Waals surface area contributed by atoms with Crippen LogP contribution in [0.3, 0.4) is 0 Å². The third-order valence-corrected chi connectivity index (χ3v) is 1.18. The molecule has 28 valence electrons. The fraction of sp³-hybridized carbons (Fsp3) is 0.500. The van der Waals surface area contributed by atoms with Gasteiger partial charge in [-0.25, -0.2) is 0 Å². The third-order valence-electron chi connectivity index (χ3n) is 0.449. The maximum Gasteiger partial charge on any atom is 0.247 e. The first kappa shape index (κ1) is 3.05. The smallest absolute Gasteiger partial charge is 0.247 e. The summed E-state index contributed by atoms with van der Waals surface area (Å²) in [4.78, 5) is 0. The monoisotopic (exact) mass is 87.0 g/mol. The van der Waals surface area contributed by atoms with E-state index in [1.807, 2.05) is 0 Å². The molecule has 0 amide bonds. The summed E-state index contributed by atoms with van der Waals surface area (Å²) in [6, 6.07) is 0. The molecule has 0 aromatic rings. The molecular weight excluding hydrogens is 82.1 g/mol. The average molecular weight is 87.2 g/mol. The lowest BCUT2D eigenvalue weighted by atomic mass is 10.8. The predicted octanol–water partition coefficient (Wildman–Crippen LogP) is -1.33. The van der Waals surface area contributed by atoms with Crippen LogP contribution in [0.25, 0.3) is 0 Å². The van der Waals surface area contributed by atoms with Gasteiger partial charge in [-0.2, -0.15) is 5.48 Å². The molecule has 1 aliphatic rings. The summed E-state index contributed by atoms with van der Waals surface area (Å²) in [6.07, 6.45) is 0. The number of nitrogens with one attached hydrogen (secondary N) is 1. The van der Waals surface area contributed by atoms with Crippen LogP contribution >= 0.6 is 0 Å². The van der Waals surface area contributed by atoms with Gasteiger partial charge < -0.3 is 4.53 Å². The van der Waals surface area contributed by atoms with Crippen molar-refractivity contribution < 1.29 is 4.53 Å². The van der Waals surface area contributed by atoms with Crippen LogP contribution in [0.5, 0.6) is 0 Å². The van der Waals surface area contributed by atoms with E-state index in [1.165, 1.54) is 0 Å². The van der Waals surface area contributed by atoms with Gasteiger partial charge in [0.15, 0.2) is 0 Å². The zero-order valence-corrected chi connectivity index (χ0v) is 3.92. The molecule has 3 heteroatoms. The Balaban J connectivity index is 2.32. The molecule has 2 nitrogen and oxygen atoms in total. The Morgan fingerprint density at radius 2 is 3.00 bits per heavy atom. The van der Waals surface area contributed by atoms with E-state index in [1.54, 1.807) is 0 Å². The van der Waals surface area contributed by atoms with Crippen molar-refractivity contribution in [2.45, 2.75) is 0 Å². The van der Waals surface area contributed by atoms with Crippen molar-refractivity contribution in [2.75, 3.05) is 6.54 Å². The van der Waals surface area contributed by atoms with Crippen molar-refractivity contribution in [3.05, 3.63) is 0 Å². The molecule has 0 aromatic heterocycles. The fourth-order valence-electron chi connectivity index (χ4n) is 0.241. The number of hydrogen-bond donors (Lipinski definition) is 1. The molecular formula is C2H5NOSi. The molecule has 0 unspecified atom stereocenters. The van der Waals surface area contributed by atoms with Gasteiger partial charge in [-0.3, -0.25) is 0 Å². The summed E-state index contributed by atoms with van der Waals surface area (Å²) in [5.41, 5.74) is 4.81. The summed E-state index contributed by atoms with van der Waals surface area (Å²) in [5, 5.41) is 0. The number of rotatable bonds is 0. The molecule has 0 fully saturated rings. The summed E-state index contributed by atoms with van der Waals surface area (Å²) in [6.45, 7) is 0.940. The van der Waals surface area contributed by atoms with Crippen LogP contribution in [0.15, 0.2) is 0 Å². The first-order chi connectivity index (χ1) is 2.50. The lowest BCUT2D eigenvalue weighted by Gasteiger charge is -1.85. The zero-order valence-electron chi connectivity index (χ0n) is 2.77. The van der Waals surface area contributed by atoms with Crippen molar-refractivity contribution in [2.24, 2.45) is 0 Å². The van der Waals surface area contributed by atoms with Gasteiger partial charge in [-0.05, 0) is 0 Å². The van der Waals surface area contributed by atoms with Crippen LogP contribution in [-0.4, -0.2) is 21.6 Å². The molecule has 0 spiro atoms. The van der Waals surface area contributed by atoms with Gasteiger partial charge in [-0.1, -0.05) is 5.67 Å². The largest absolute Gasteiger partial charge is 0.477 e. The quantitative estimate of drug-likeness (QED) is 0.370. The molecule has 0 aromatic carbocycles. The molecule has 0 bridgehead atoms. The van der Waals surface area contributed by atoms with Gasteiger partial charge in [0.05, 0.1) is 0 Å². The standard InChI is InChI=1S/C2H5NOSi/c1-2-5-4-3-1/h2-3,5H,1H2. The maximum absolute atomic E-state index is 4.72. The van der Waals surface area contributed by atoms with E-state index >= 15 is 0 Å². The van der Waals surface area contributed by atoms with Crippen LogP contribution in [0.1, 0.15) is 0 Å². The molecule has 0 aliphatic carbocycles. The zero-order chi connectivity index (χ0) is 3.54. The lowest BCUT2D eigenvalue weighted by Crippen LogP contribution is -2.05. The average Bonchev–Trinajstić information content (AvgIpc) is 1.76. The molecule has 0 saturated carbocycles. The highest BCUT2D eigenvalue weighted by atomic mass is 28.2. The van der Waals surface area contributed by atoms with Crippen molar-refractivity contribution in [1.29, 1.82) is 0 Å². The highest BCUT2D eigenvalue weighted by Crippen LogP contribution is 1.58. The Kier molecular flexibility index (Phi) is 0.810. The molecule has 0 radical (unpaired) electrons. The van der Waals surface area contributed by atoms with Crippen LogP contribution < -0.4 is 5.48 Å². The molecule has 1 aliphatic heterocycles. The van der Waals surface area contributed by atoms with Crippen LogP contribution in [0.2, 0.25) is 0 Å². The first-order valence-electron chi connectivity index (χ1n) is 1.53. The molecule has 1 heterocycles. The normalized spacial score (nSPS) is 19.2. The SMILES string of the molecule is C1=[SiH]ONC1. The molecule has 0 atom stereocenters. The summed E-state index contributed by atoms with van der Waals surface area (Å²) in [7, 11) is 0.190. The molecule has 0 saturated heterocycles. The Bertz CT molecular complexity index is 47.6. The summed E-state index contributed by atoms with van der Waals surface area (Å²) < 4.78 is 4.72. The van der Waals surface area contributed by atoms with E-state index in [4.69, 9.17) is 4.53 Å². The maximum atomic E-state index is 4.72. The Morgan fingerprint density at radius 1 is 2.00 bits per heavy atom. The second-order valence-corrected chi connectivity index (χ2v) is 1.82. The highest BCUT2D eigenvalue weighted by Gasteiger charge is 1.82. The van der Waals surface area contributed by atoms with E-state index < -0.39 is 0 Å². The van der Waals surface area contributed by atoms with Crippen molar-refractivity contribution >= 4 is 15.0 Å². The van der Waals surface area contributed by atoms with Crippen molar-refractivity contribution in [1.82, 2.24) is 5.48 Å².